The lowest BCUT2D eigenvalue weighted by Gasteiger charge is -2.19. The number of esters is 1. The SMILES string of the molecule is CC(C)(C)OC(=O)CCCCC[C@H](N=[N+]=[N-])C(=O)O. The Bertz CT molecular complexity index is 354. The molecule has 0 aliphatic heterocycles. The Labute approximate surface area is 112 Å². The van der Waals surface area contributed by atoms with Crippen LogP contribution in [0.1, 0.15) is 52.9 Å². The van der Waals surface area contributed by atoms with E-state index in [0.717, 1.165) is 0 Å². The van der Waals surface area contributed by atoms with Crippen molar-refractivity contribution < 1.29 is 19.4 Å². The molecule has 0 aromatic carbocycles. The number of hydrogen-bond acceptors (Lipinski definition) is 4. The van der Waals surface area contributed by atoms with Crippen molar-refractivity contribution in [1.29, 1.82) is 0 Å². The van der Waals surface area contributed by atoms with Gasteiger partial charge in [-0.3, -0.25) is 9.59 Å². The van der Waals surface area contributed by atoms with Gasteiger partial charge in [-0.15, -0.1) is 0 Å². The van der Waals surface area contributed by atoms with Gasteiger partial charge in [-0.05, 0) is 39.1 Å². The molecule has 0 spiro atoms. The molecule has 1 N–H and O–H groups in total. The van der Waals surface area contributed by atoms with Crippen LogP contribution in [-0.2, 0) is 14.3 Å². The zero-order valence-corrected chi connectivity index (χ0v) is 11.6. The van der Waals surface area contributed by atoms with E-state index in [4.69, 9.17) is 15.4 Å². The molecule has 0 saturated heterocycles. The van der Waals surface area contributed by atoms with Gasteiger partial charge in [-0.25, -0.2) is 0 Å². The van der Waals surface area contributed by atoms with Crippen LogP contribution in [0.2, 0.25) is 0 Å². The number of unbranched alkanes of at least 4 members (excludes halogenated alkanes) is 2. The van der Waals surface area contributed by atoms with Crippen LogP contribution < -0.4 is 0 Å². The van der Waals surface area contributed by atoms with E-state index < -0.39 is 17.6 Å². The Kier molecular flexibility index (Phi) is 7.60. The highest BCUT2D eigenvalue weighted by Gasteiger charge is 2.16. The normalized spacial score (nSPS) is 12.4. The number of aliphatic carboxylic acids is 1. The second-order valence-electron chi connectivity index (χ2n) is 5.24. The molecule has 19 heavy (non-hydrogen) atoms. The zero-order chi connectivity index (χ0) is 14.9. The maximum atomic E-state index is 11.4. The van der Waals surface area contributed by atoms with Crippen LogP contribution in [0.5, 0.6) is 0 Å². The van der Waals surface area contributed by atoms with Gasteiger partial charge >= 0.3 is 11.9 Å². The standard InChI is InChI=1S/C12H21N3O4/c1-12(2,3)19-10(16)8-6-4-5-7-9(11(17)18)14-15-13/h9H,4-8H2,1-3H3,(H,17,18)/t9-/m0/s1. The predicted molar refractivity (Wildman–Crippen MR) is 69.5 cm³/mol. The minimum atomic E-state index is -1.12. The van der Waals surface area contributed by atoms with Gasteiger partial charge in [0.1, 0.15) is 11.6 Å². The predicted octanol–water partition coefficient (Wildman–Crippen LogP) is 3.04. The van der Waals surface area contributed by atoms with Gasteiger partial charge < -0.3 is 9.84 Å². The second kappa shape index (κ2) is 8.37. The molecule has 0 radical (unpaired) electrons. The number of carbonyl (C=O) groups excluding carboxylic acids is 1. The monoisotopic (exact) mass is 271 g/mol. The molecule has 7 heteroatoms. The fourth-order valence-electron chi connectivity index (χ4n) is 1.47. The Morgan fingerprint density at radius 3 is 2.42 bits per heavy atom. The average molecular weight is 271 g/mol. The summed E-state index contributed by atoms with van der Waals surface area (Å²) < 4.78 is 5.14. The van der Waals surface area contributed by atoms with Gasteiger partial charge in [0.25, 0.3) is 0 Å². The number of carbonyl (C=O) groups is 2. The number of azide groups is 1. The molecule has 0 rings (SSSR count). The van der Waals surface area contributed by atoms with E-state index in [1.54, 1.807) is 0 Å². The highest BCUT2D eigenvalue weighted by molar-refractivity contribution is 5.73. The van der Waals surface area contributed by atoms with E-state index in [2.05, 4.69) is 10.0 Å². The molecule has 1 atom stereocenters. The first-order chi connectivity index (χ1) is 8.76. The third kappa shape index (κ3) is 9.91. The van der Waals surface area contributed by atoms with Crippen molar-refractivity contribution in [3.8, 4) is 0 Å². The Morgan fingerprint density at radius 1 is 1.32 bits per heavy atom. The molecule has 0 bridgehead atoms. The molecular formula is C12H21N3O4. The molecule has 0 saturated carbocycles. The van der Waals surface area contributed by atoms with Gasteiger partial charge in [0, 0.05) is 11.3 Å². The van der Waals surface area contributed by atoms with Crippen molar-refractivity contribution >= 4 is 11.9 Å². The van der Waals surface area contributed by atoms with E-state index >= 15 is 0 Å². The number of rotatable bonds is 8. The third-order valence-electron chi connectivity index (χ3n) is 2.25. The van der Waals surface area contributed by atoms with Gasteiger partial charge in [0.05, 0.1) is 0 Å². The van der Waals surface area contributed by atoms with Crippen molar-refractivity contribution in [2.24, 2.45) is 5.11 Å². The lowest BCUT2D eigenvalue weighted by molar-refractivity contribution is -0.155. The summed E-state index contributed by atoms with van der Waals surface area (Å²) in [5, 5.41) is 11.9. The maximum Gasteiger partial charge on any atom is 0.312 e. The van der Waals surface area contributed by atoms with E-state index in [1.165, 1.54) is 0 Å². The number of hydrogen-bond donors (Lipinski definition) is 1. The van der Waals surface area contributed by atoms with Gasteiger partial charge in [0.2, 0.25) is 0 Å². The Balaban J connectivity index is 3.78. The molecule has 0 aromatic heterocycles. The van der Waals surface area contributed by atoms with Crippen LogP contribution >= 0.6 is 0 Å². The van der Waals surface area contributed by atoms with Gasteiger partial charge in [-0.1, -0.05) is 18.0 Å². The Morgan fingerprint density at radius 2 is 1.95 bits per heavy atom. The molecule has 0 heterocycles. The summed E-state index contributed by atoms with van der Waals surface area (Å²) in [5.74, 6) is -1.37. The average Bonchev–Trinajstić information content (AvgIpc) is 2.24. The highest BCUT2D eigenvalue weighted by atomic mass is 16.6. The first-order valence-electron chi connectivity index (χ1n) is 6.25. The maximum absolute atomic E-state index is 11.4. The van der Waals surface area contributed by atoms with Gasteiger partial charge in [0.15, 0.2) is 0 Å². The first kappa shape index (κ1) is 17.2. The van der Waals surface area contributed by atoms with Crippen LogP contribution in [0, 0.1) is 0 Å². The van der Waals surface area contributed by atoms with E-state index in [0.29, 0.717) is 25.7 Å². The molecular weight excluding hydrogens is 250 g/mol. The number of nitrogens with zero attached hydrogens (tertiary/aromatic N) is 3. The minimum Gasteiger partial charge on any atom is -0.481 e. The summed E-state index contributed by atoms with van der Waals surface area (Å²) >= 11 is 0. The molecule has 0 aliphatic carbocycles. The lowest BCUT2D eigenvalue weighted by atomic mass is 10.1. The molecule has 0 amide bonds. The summed E-state index contributed by atoms with van der Waals surface area (Å²) in [7, 11) is 0. The smallest absolute Gasteiger partial charge is 0.312 e. The number of carboxylic acids is 1. The van der Waals surface area contributed by atoms with Crippen molar-refractivity contribution in [1.82, 2.24) is 0 Å². The highest BCUT2D eigenvalue weighted by Crippen LogP contribution is 2.12. The fraction of sp³-hybridized carbons (Fsp3) is 0.833. The molecule has 0 aliphatic rings. The van der Waals surface area contributed by atoms with Crippen molar-refractivity contribution in [3.05, 3.63) is 10.4 Å². The lowest BCUT2D eigenvalue weighted by Crippen LogP contribution is -2.23. The summed E-state index contributed by atoms with van der Waals surface area (Å²) in [6.07, 6.45) is 2.53. The molecule has 0 fully saturated rings. The fourth-order valence-corrected chi connectivity index (χ4v) is 1.47. The summed E-state index contributed by atoms with van der Waals surface area (Å²) in [6, 6.07) is -1.02. The summed E-state index contributed by atoms with van der Waals surface area (Å²) in [4.78, 5) is 24.6. The van der Waals surface area contributed by atoms with Crippen LogP contribution in [0.3, 0.4) is 0 Å². The second-order valence-corrected chi connectivity index (χ2v) is 5.24. The van der Waals surface area contributed by atoms with Crippen LogP contribution in [0.4, 0.5) is 0 Å². The summed E-state index contributed by atoms with van der Waals surface area (Å²) in [5.41, 5.74) is 7.72. The molecule has 0 unspecified atom stereocenters. The molecule has 108 valence electrons. The van der Waals surface area contributed by atoms with Crippen LogP contribution in [0.25, 0.3) is 10.4 Å². The topological polar surface area (TPSA) is 112 Å². The van der Waals surface area contributed by atoms with E-state index in [9.17, 15) is 9.59 Å². The number of ether oxygens (including phenoxy) is 1. The van der Waals surface area contributed by atoms with Crippen molar-refractivity contribution in [2.75, 3.05) is 0 Å². The first-order valence-corrected chi connectivity index (χ1v) is 6.25. The van der Waals surface area contributed by atoms with Gasteiger partial charge in [-0.2, -0.15) is 0 Å². The van der Waals surface area contributed by atoms with Crippen LogP contribution in [0.15, 0.2) is 5.11 Å². The van der Waals surface area contributed by atoms with Crippen molar-refractivity contribution in [2.45, 2.75) is 64.5 Å². The largest absolute Gasteiger partial charge is 0.481 e. The van der Waals surface area contributed by atoms with E-state index in [-0.39, 0.29) is 12.4 Å². The minimum absolute atomic E-state index is 0.252. The van der Waals surface area contributed by atoms with E-state index in [1.807, 2.05) is 20.8 Å². The quantitative estimate of drug-likeness (QED) is 0.240. The zero-order valence-electron chi connectivity index (χ0n) is 11.6. The van der Waals surface area contributed by atoms with Crippen LogP contribution in [-0.4, -0.2) is 28.7 Å². The number of carboxylic acid groups (broad SMARTS) is 1. The molecule has 7 nitrogen and oxygen atoms in total. The Hall–Kier alpha value is -1.75. The summed E-state index contributed by atoms with van der Waals surface area (Å²) in [6.45, 7) is 5.42. The van der Waals surface area contributed by atoms with Crippen molar-refractivity contribution in [3.63, 3.8) is 0 Å². The molecule has 0 aromatic rings. The third-order valence-corrected chi connectivity index (χ3v) is 2.25.